The lowest BCUT2D eigenvalue weighted by atomic mass is 9.49. The second-order valence-corrected chi connectivity index (χ2v) is 14.0. The minimum Gasteiger partial charge on any atom is -0.508 e. The highest BCUT2D eigenvalue weighted by Gasteiger charge is 2.70. The van der Waals surface area contributed by atoms with Crippen molar-refractivity contribution in [3.05, 3.63) is 135 Å². The van der Waals surface area contributed by atoms with Gasteiger partial charge in [-0.15, -0.1) is 0 Å². The molecule has 9 heteroatoms. The molecule has 1 saturated carbocycles. The number of carbonyl (C=O) groups excluding carboxylic acids is 4. The maximum Gasteiger partial charge on any atom is 0.246 e. The van der Waals surface area contributed by atoms with Gasteiger partial charge in [-0.3, -0.25) is 24.1 Å². The van der Waals surface area contributed by atoms with Crippen LogP contribution >= 0.6 is 27.5 Å². The normalized spacial score (nSPS) is 28.2. The number of carbonyl (C=O) groups is 4. The van der Waals surface area contributed by atoms with Gasteiger partial charge in [0.15, 0.2) is 0 Å². The molecule has 2 aliphatic carbocycles. The Morgan fingerprint density at radius 1 is 0.745 bits per heavy atom. The van der Waals surface area contributed by atoms with Gasteiger partial charge < -0.3 is 5.11 Å². The topological polar surface area (TPSA) is 95.0 Å². The van der Waals surface area contributed by atoms with Gasteiger partial charge in [-0.05, 0) is 72.9 Å². The van der Waals surface area contributed by atoms with Crippen LogP contribution < -0.4 is 9.80 Å². The molecule has 0 spiro atoms. The number of halogens is 2. The van der Waals surface area contributed by atoms with Crippen molar-refractivity contribution in [2.24, 2.45) is 23.7 Å². The highest BCUT2D eigenvalue weighted by Crippen LogP contribution is 2.65. The summed E-state index contributed by atoms with van der Waals surface area (Å²) < 4.78 is 0.824. The Morgan fingerprint density at radius 3 is 2.19 bits per heavy atom. The van der Waals surface area contributed by atoms with Crippen molar-refractivity contribution >= 4 is 62.5 Å². The number of hydrogen-bond acceptors (Lipinski definition) is 5. The fraction of sp³-hybridized carbons (Fsp3) is 0.211. The Kier molecular flexibility index (Phi) is 7.00. The SMILES string of the molecule is O=C1C2CC=C3C(CC4C(=O)N(c5cccc(Cl)c5)C(=O)C4(c4ccccc4)C3c3ccccc3O)C2C(=O)N1c1ccc(Br)cc1. The van der Waals surface area contributed by atoms with E-state index >= 15 is 4.79 Å². The van der Waals surface area contributed by atoms with Crippen molar-refractivity contribution in [1.82, 2.24) is 0 Å². The fourth-order valence-corrected chi connectivity index (χ4v) is 9.11. The van der Waals surface area contributed by atoms with Crippen LogP contribution in [0.2, 0.25) is 5.02 Å². The van der Waals surface area contributed by atoms with Crippen molar-refractivity contribution in [1.29, 1.82) is 0 Å². The largest absolute Gasteiger partial charge is 0.508 e. The summed E-state index contributed by atoms with van der Waals surface area (Å²) >= 11 is 9.79. The van der Waals surface area contributed by atoms with Gasteiger partial charge in [0.2, 0.25) is 23.6 Å². The molecule has 4 amide bonds. The Labute approximate surface area is 284 Å². The number of fused-ring (bicyclic) bond motifs is 4. The summed E-state index contributed by atoms with van der Waals surface area (Å²) in [6, 6.07) is 29.8. The van der Waals surface area contributed by atoms with Gasteiger partial charge in [0.05, 0.1) is 34.5 Å². The smallest absolute Gasteiger partial charge is 0.246 e. The first-order chi connectivity index (χ1) is 22.7. The molecule has 4 aliphatic rings. The van der Waals surface area contributed by atoms with Gasteiger partial charge in [0, 0.05) is 21.0 Å². The Morgan fingerprint density at radius 2 is 1.47 bits per heavy atom. The van der Waals surface area contributed by atoms with Crippen LogP contribution in [0.25, 0.3) is 0 Å². The van der Waals surface area contributed by atoms with E-state index < -0.39 is 46.8 Å². The molecule has 47 heavy (non-hydrogen) atoms. The molecule has 8 rings (SSSR count). The zero-order valence-corrected chi connectivity index (χ0v) is 27.3. The third kappa shape index (κ3) is 4.24. The summed E-state index contributed by atoms with van der Waals surface area (Å²) in [6.07, 6.45) is 2.47. The molecule has 234 valence electrons. The molecule has 2 heterocycles. The summed E-state index contributed by atoms with van der Waals surface area (Å²) in [6.45, 7) is 0. The number of phenolic OH excluding ortho intramolecular Hbond substituents is 1. The fourth-order valence-electron chi connectivity index (χ4n) is 8.66. The van der Waals surface area contributed by atoms with Crippen molar-refractivity contribution in [3.8, 4) is 5.75 Å². The lowest BCUT2D eigenvalue weighted by Crippen LogP contribution is -2.53. The van der Waals surface area contributed by atoms with E-state index in [9.17, 15) is 19.5 Å². The number of anilines is 2. The van der Waals surface area contributed by atoms with E-state index in [1.165, 1.54) is 9.80 Å². The van der Waals surface area contributed by atoms with Crippen LogP contribution in [0.4, 0.5) is 11.4 Å². The third-order valence-electron chi connectivity index (χ3n) is 10.5. The zero-order chi connectivity index (χ0) is 32.6. The third-order valence-corrected chi connectivity index (χ3v) is 11.3. The average molecular weight is 708 g/mol. The molecule has 2 saturated heterocycles. The van der Waals surface area contributed by atoms with Crippen LogP contribution in [0.15, 0.2) is 119 Å². The Balaban J connectivity index is 1.35. The number of imide groups is 2. The first-order valence-corrected chi connectivity index (χ1v) is 16.7. The Hall–Kier alpha value is -4.53. The number of amides is 4. The van der Waals surface area contributed by atoms with E-state index in [1.54, 1.807) is 72.8 Å². The maximum absolute atomic E-state index is 15.2. The second kappa shape index (κ2) is 11.0. The van der Waals surface area contributed by atoms with Crippen molar-refractivity contribution in [2.75, 3.05) is 9.80 Å². The molecule has 2 aliphatic heterocycles. The van der Waals surface area contributed by atoms with Crippen LogP contribution in [0.1, 0.15) is 29.9 Å². The van der Waals surface area contributed by atoms with Gasteiger partial charge in [0.1, 0.15) is 5.75 Å². The van der Waals surface area contributed by atoms with Crippen molar-refractivity contribution < 1.29 is 24.3 Å². The number of benzene rings is 4. The quantitative estimate of drug-likeness (QED) is 0.179. The molecule has 6 atom stereocenters. The molecule has 0 aromatic heterocycles. The first-order valence-electron chi connectivity index (χ1n) is 15.5. The number of allylic oxidation sites excluding steroid dienone is 2. The summed E-state index contributed by atoms with van der Waals surface area (Å²) in [5.74, 6) is -4.95. The molecule has 6 unspecified atom stereocenters. The lowest BCUT2D eigenvalue weighted by molar-refractivity contribution is -0.127. The van der Waals surface area contributed by atoms with E-state index in [0.717, 1.165) is 10.0 Å². The number of nitrogens with zero attached hydrogens (tertiary/aromatic N) is 2. The van der Waals surface area contributed by atoms with Crippen LogP contribution in [-0.4, -0.2) is 28.7 Å². The second-order valence-electron chi connectivity index (χ2n) is 12.6. The zero-order valence-electron chi connectivity index (χ0n) is 24.9. The van der Waals surface area contributed by atoms with Gasteiger partial charge in [-0.25, -0.2) is 4.90 Å². The summed E-state index contributed by atoms with van der Waals surface area (Å²) in [7, 11) is 0. The average Bonchev–Trinajstić information content (AvgIpc) is 3.46. The number of aromatic hydroxyl groups is 1. The lowest BCUT2D eigenvalue weighted by Gasteiger charge is -2.50. The van der Waals surface area contributed by atoms with Crippen LogP contribution in [-0.2, 0) is 24.6 Å². The molecule has 4 aromatic rings. The molecule has 3 fully saturated rings. The highest BCUT2D eigenvalue weighted by atomic mass is 79.9. The van der Waals surface area contributed by atoms with Gasteiger partial charge in [-0.2, -0.15) is 0 Å². The van der Waals surface area contributed by atoms with E-state index in [0.29, 0.717) is 33.9 Å². The first kappa shape index (κ1) is 29.8. The predicted octanol–water partition coefficient (Wildman–Crippen LogP) is 7.18. The van der Waals surface area contributed by atoms with Crippen LogP contribution in [0.5, 0.6) is 5.75 Å². The molecule has 0 bridgehead atoms. The van der Waals surface area contributed by atoms with Gasteiger partial charge in [0.25, 0.3) is 0 Å². The summed E-state index contributed by atoms with van der Waals surface area (Å²) in [4.78, 5) is 60.7. The van der Waals surface area contributed by atoms with Gasteiger partial charge in [-0.1, -0.05) is 93.8 Å². The number of rotatable bonds is 4. The Bertz CT molecular complexity index is 2010. The van der Waals surface area contributed by atoms with E-state index in [1.807, 2.05) is 36.4 Å². The molecule has 4 aromatic carbocycles. The van der Waals surface area contributed by atoms with Crippen molar-refractivity contribution in [3.63, 3.8) is 0 Å². The standard InChI is InChI=1S/C38H28BrClN2O5/c39-22-13-15-24(16-14-22)41-34(44)28-18-17-26-29(32(28)36(41)46)20-30-35(45)42(25-10-6-9-23(40)19-25)37(47)38(30,21-7-2-1-3-8-21)33(26)27-11-4-5-12-31(27)43/h1-17,19,28-30,32-33,43H,18,20H2. The minimum absolute atomic E-state index is 0.0120. The number of para-hydroxylation sites is 1. The maximum atomic E-state index is 15.2. The predicted molar refractivity (Wildman–Crippen MR) is 181 cm³/mol. The van der Waals surface area contributed by atoms with E-state index in [-0.39, 0.29) is 24.0 Å². The summed E-state index contributed by atoms with van der Waals surface area (Å²) in [5, 5.41) is 11.8. The summed E-state index contributed by atoms with van der Waals surface area (Å²) in [5.41, 5.74) is 1.34. The van der Waals surface area contributed by atoms with E-state index in [4.69, 9.17) is 11.6 Å². The molecule has 1 N–H and O–H groups in total. The molecule has 7 nitrogen and oxygen atoms in total. The van der Waals surface area contributed by atoms with Crippen LogP contribution in [0, 0.1) is 23.7 Å². The minimum atomic E-state index is -1.44. The number of hydrogen-bond donors (Lipinski definition) is 1. The molecular formula is C38H28BrClN2O5. The monoisotopic (exact) mass is 706 g/mol. The van der Waals surface area contributed by atoms with Gasteiger partial charge >= 0.3 is 0 Å². The number of phenols is 1. The van der Waals surface area contributed by atoms with Crippen molar-refractivity contribution in [2.45, 2.75) is 24.2 Å². The highest BCUT2D eigenvalue weighted by molar-refractivity contribution is 9.10. The molecular weight excluding hydrogens is 680 g/mol. The van der Waals surface area contributed by atoms with E-state index in [2.05, 4.69) is 15.9 Å². The molecule has 0 radical (unpaired) electrons. The van der Waals surface area contributed by atoms with Crippen LogP contribution in [0.3, 0.4) is 0 Å².